The van der Waals surface area contributed by atoms with Crippen molar-refractivity contribution in [1.82, 2.24) is 0 Å². The van der Waals surface area contributed by atoms with Crippen LogP contribution in [-0.2, 0) is 0 Å². The van der Waals surface area contributed by atoms with Crippen LogP contribution >= 0.6 is 11.3 Å². The first kappa shape index (κ1) is 12.6. The van der Waals surface area contributed by atoms with E-state index in [-0.39, 0.29) is 0 Å². The third kappa shape index (κ3) is 3.13. The van der Waals surface area contributed by atoms with E-state index in [1.807, 2.05) is 30.3 Å². The van der Waals surface area contributed by atoms with Crippen LogP contribution in [-0.4, -0.2) is 14.5 Å². The van der Waals surface area contributed by atoms with Gasteiger partial charge in [0.15, 0.2) is 0 Å². The maximum atomic E-state index is 4.71. The van der Waals surface area contributed by atoms with Gasteiger partial charge in [0.05, 0.1) is 0 Å². The Hall–Kier alpha value is -1.41. The number of rotatable bonds is 2. The molecule has 0 aliphatic heterocycles. The van der Waals surface area contributed by atoms with Gasteiger partial charge in [-0.15, -0.1) is 0 Å². The topological polar surface area (TPSA) is 12.4 Å². The molecule has 0 spiro atoms. The Labute approximate surface area is 122 Å². The van der Waals surface area contributed by atoms with E-state index in [0.717, 1.165) is 5.69 Å². The van der Waals surface area contributed by atoms with Crippen molar-refractivity contribution in [3.05, 3.63) is 68.6 Å². The molecule has 3 rings (SSSR count). The van der Waals surface area contributed by atoms with E-state index in [1.165, 1.54) is 19.5 Å². The van der Waals surface area contributed by atoms with Gasteiger partial charge in [0.2, 0.25) is 0 Å². The molecule has 1 nitrogen and oxygen atoms in total. The zero-order valence-electron chi connectivity index (χ0n) is 10.5. The van der Waals surface area contributed by atoms with E-state index in [4.69, 9.17) is 4.99 Å². The Balaban J connectivity index is 1.96. The standard InChI is InChI=1S/C16H13NSSe/c1-12-7-9-13(10-8-12)15-11-19-16(18-15)17-14-5-3-2-4-6-14/h2-11H,1H3. The van der Waals surface area contributed by atoms with Crippen molar-refractivity contribution in [3.63, 3.8) is 0 Å². The van der Waals surface area contributed by atoms with Crippen LogP contribution in [0, 0.1) is 6.92 Å². The minimum atomic E-state index is 0.362. The van der Waals surface area contributed by atoms with E-state index >= 15 is 0 Å². The molecule has 3 aromatic rings. The molecule has 0 N–H and O–H groups in total. The Kier molecular flexibility index (Phi) is 3.79. The molecule has 0 unspecified atom stereocenters. The summed E-state index contributed by atoms with van der Waals surface area (Å²) in [5.74, 6) is 0. The SMILES string of the molecule is Cc1ccc(-c2c[se]c(=Nc3ccccc3)s2)cc1. The summed E-state index contributed by atoms with van der Waals surface area (Å²) in [5, 5.41) is 0. The maximum absolute atomic E-state index is 4.71. The summed E-state index contributed by atoms with van der Waals surface area (Å²) >= 11 is 2.17. The van der Waals surface area contributed by atoms with Gasteiger partial charge in [-0.05, 0) is 0 Å². The fourth-order valence-electron chi connectivity index (χ4n) is 1.75. The fourth-order valence-corrected chi connectivity index (χ4v) is 5.16. The summed E-state index contributed by atoms with van der Waals surface area (Å²) in [4.78, 5) is 8.37. The Morgan fingerprint density at radius 1 is 0.947 bits per heavy atom. The van der Waals surface area contributed by atoms with Crippen molar-refractivity contribution >= 4 is 31.5 Å². The first-order valence-corrected chi connectivity index (χ1v) is 8.73. The number of nitrogens with zero attached hydrogens (tertiary/aromatic N) is 1. The number of para-hydroxylation sites is 1. The van der Waals surface area contributed by atoms with Crippen LogP contribution in [0.25, 0.3) is 10.4 Å². The average molecular weight is 330 g/mol. The molecule has 0 radical (unpaired) electrons. The van der Waals surface area contributed by atoms with Crippen molar-refractivity contribution in [2.24, 2.45) is 4.99 Å². The molecular weight excluding hydrogens is 317 g/mol. The van der Waals surface area contributed by atoms with Crippen molar-refractivity contribution in [3.8, 4) is 10.4 Å². The van der Waals surface area contributed by atoms with Gasteiger partial charge >= 0.3 is 123 Å². The molecule has 1 heterocycles. The fraction of sp³-hybridized carbons (Fsp3) is 0.0625. The van der Waals surface area contributed by atoms with Crippen LogP contribution in [0.15, 0.2) is 64.5 Å². The first-order valence-electron chi connectivity index (χ1n) is 6.07. The van der Waals surface area contributed by atoms with Crippen molar-refractivity contribution in [1.29, 1.82) is 0 Å². The number of benzene rings is 2. The summed E-state index contributed by atoms with van der Waals surface area (Å²) in [5.41, 5.74) is 3.65. The predicted molar refractivity (Wildman–Crippen MR) is 83.1 cm³/mol. The molecule has 0 atom stereocenters. The summed E-state index contributed by atoms with van der Waals surface area (Å²) in [6.45, 7) is 2.12. The van der Waals surface area contributed by atoms with Crippen molar-refractivity contribution < 1.29 is 0 Å². The van der Waals surface area contributed by atoms with Gasteiger partial charge < -0.3 is 0 Å². The second-order valence-corrected chi connectivity index (χ2v) is 7.70. The number of hydrogen-bond acceptors (Lipinski definition) is 2. The second kappa shape index (κ2) is 5.70. The molecule has 2 aromatic carbocycles. The Morgan fingerprint density at radius 2 is 1.68 bits per heavy atom. The third-order valence-corrected chi connectivity index (χ3v) is 6.33. The van der Waals surface area contributed by atoms with Gasteiger partial charge in [0.25, 0.3) is 0 Å². The zero-order chi connectivity index (χ0) is 13.1. The minimum absolute atomic E-state index is 0.362. The summed E-state index contributed by atoms with van der Waals surface area (Å²) in [6, 6.07) is 18.9. The van der Waals surface area contributed by atoms with Crippen LogP contribution in [0.3, 0.4) is 0 Å². The number of hydrogen-bond donors (Lipinski definition) is 0. The molecule has 3 heteroatoms. The van der Waals surface area contributed by atoms with Crippen LogP contribution in [0.1, 0.15) is 5.56 Å². The van der Waals surface area contributed by atoms with Crippen LogP contribution < -0.4 is 3.54 Å². The molecular formula is C16H13NSSe. The first-order chi connectivity index (χ1) is 9.31. The zero-order valence-corrected chi connectivity index (χ0v) is 13.1. The normalized spacial score (nSPS) is 11.7. The summed E-state index contributed by atoms with van der Waals surface area (Å²) in [6.07, 6.45) is 0. The predicted octanol–water partition coefficient (Wildman–Crippen LogP) is 4.01. The molecule has 0 fully saturated rings. The molecule has 0 saturated carbocycles. The van der Waals surface area contributed by atoms with E-state index in [9.17, 15) is 0 Å². The van der Waals surface area contributed by atoms with Gasteiger partial charge in [-0.1, -0.05) is 0 Å². The molecule has 0 saturated heterocycles. The van der Waals surface area contributed by atoms with Crippen molar-refractivity contribution in [2.45, 2.75) is 6.92 Å². The monoisotopic (exact) mass is 331 g/mol. The van der Waals surface area contributed by atoms with Crippen LogP contribution in [0.2, 0.25) is 0 Å². The van der Waals surface area contributed by atoms with E-state index in [2.05, 4.69) is 36.1 Å². The van der Waals surface area contributed by atoms with Gasteiger partial charge in [-0.2, -0.15) is 0 Å². The van der Waals surface area contributed by atoms with Gasteiger partial charge in [-0.25, -0.2) is 0 Å². The van der Waals surface area contributed by atoms with Crippen LogP contribution in [0.4, 0.5) is 5.69 Å². The molecule has 0 amide bonds. The molecule has 0 bridgehead atoms. The third-order valence-electron chi connectivity index (χ3n) is 2.78. The Morgan fingerprint density at radius 3 is 2.42 bits per heavy atom. The quantitative estimate of drug-likeness (QED) is 0.630. The van der Waals surface area contributed by atoms with E-state index in [1.54, 1.807) is 11.3 Å². The van der Waals surface area contributed by atoms with Crippen LogP contribution in [0.5, 0.6) is 0 Å². The molecule has 19 heavy (non-hydrogen) atoms. The van der Waals surface area contributed by atoms with E-state index in [0.29, 0.717) is 14.5 Å². The van der Waals surface area contributed by atoms with Gasteiger partial charge in [-0.3, -0.25) is 0 Å². The van der Waals surface area contributed by atoms with E-state index < -0.39 is 0 Å². The molecule has 94 valence electrons. The van der Waals surface area contributed by atoms with Gasteiger partial charge in [0.1, 0.15) is 0 Å². The average Bonchev–Trinajstić information content (AvgIpc) is 2.89. The molecule has 0 aliphatic rings. The second-order valence-electron chi connectivity index (χ2n) is 4.28. The Bertz CT molecular complexity index is 723. The number of aryl methyl sites for hydroxylation is 1. The molecule has 0 aliphatic carbocycles. The van der Waals surface area contributed by atoms with Crippen molar-refractivity contribution in [2.75, 3.05) is 0 Å². The van der Waals surface area contributed by atoms with Gasteiger partial charge in [0, 0.05) is 0 Å². The summed E-state index contributed by atoms with van der Waals surface area (Å²) in [7, 11) is 0. The molecule has 1 aromatic heterocycles. The summed E-state index contributed by atoms with van der Waals surface area (Å²) < 4.78 is 1.23.